The fourth-order valence-electron chi connectivity index (χ4n) is 2.28. The van der Waals surface area contributed by atoms with Crippen molar-refractivity contribution in [3.05, 3.63) is 28.0 Å². The molecule has 20 heavy (non-hydrogen) atoms. The van der Waals surface area contributed by atoms with Crippen LogP contribution in [0, 0.1) is 0 Å². The van der Waals surface area contributed by atoms with Crippen LogP contribution in [0.2, 0.25) is 0 Å². The van der Waals surface area contributed by atoms with Gasteiger partial charge in [0.1, 0.15) is 0 Å². The summed E-state index contributed by atoms with van der Waals surface area (Å²) in [6, 6.07) is 0. The van der Waals surface area contributed by atoms with Gasteiger partial charge in [-0.25, -0.2) is 14.5 Å². The third-order valence-corrected chi connectivity index (χ3v) is 3.88. The van der Waals surface area contributed by atoms with Crippen LogP contribution in [0.25, 0.3) is 5.13 Å². The Hall–Kier alpha value is -1.90. The van der Waals surface area contributed by atoms with E-state index in [0.717, 1.165) is 16.0 Å². The van der Waals surface area contributed by atoms with Crippen LogP contribution in [-0.2, 0) is 19.0 Å². The first-order valence-corrected chi connectivity index (χ1v) is 6.63. The largest absolute Gasteiger partial charge is 0.476 e. The number of nitrogens with zero attached hydrogens (tertiary/aromatic N) is 3. The first kappa shape index (κ1) is 13.1. The van der Waals surface area contributed by atoms with Gasteiger partial charge in [-0.3, -0.25) is 0 Å². The molecule has 9 heteroatoms. The minimum Gasteiger partial charge on any atom is -0.476 e. The molecule has 1 aliphatic rings. The van der Waals surface area contributed by atoms with Crippen LogP contribution in [0.4, 0.5) is 13.2 Å². The lowest BCUT2D eigenvalue weighted by Gasteiger charge is -2.09. The molecule has 3 rings (SSSR count). The van der Waals surface area contributed by atoms with Gasteiger partial charge in [0.25, 0.3) is 0 Å². The summed E-state index contributed by atoms with van der Waals surface area (Å²) in [5, 5.41) is 13.9. The van der Waals surface area contributed by atoms with E-state index in [2.05, 4.69) is 10.1 Å². The molecular formula is C11H8F3N3O2S. The molecule has 5 nitrogen and oxygen atoms in total. The van der Waals surface area contributed by atoms with E-state index >= 15 is 0 Å². The Labute approximate surface area is 114 Å². The Morgan fingerprint density at radius 2 is 2.15 bits per heavy atom. The number of thiazole rings is 1. The Morgan fingerprint density at radius 1 is 1.40 bits per heavy atom. The number of hydrogen-bond acceptors (Lipinski definition) is 4. The number of carbonyl (C=O) groups is 1. The lowest BCUT2D eigenvalue weighted by Crippen LogP contribution is -2.15. The first-order chi connectivity index (χ1) is 9.38. The van der Waals surface area contributed by atoms with Crippen molar-refractivity contribution in [2.75, 3.05) is 0 Å². The third-order valence-electron chi connectivity index (χ3n) is 3.07. The summed E-state index contributed by atoms with van der Waals surface area (Å²) in [5.74, 6) is -1.28. The lowest BCUT2D eigenvalue weighted by molar-refractivity contribution is -0.143. The number of rotatable bonds is 2. The van der Waals surface area contributed by atoms with Crippen LogP contribution in [0.3, 0.4) is 0 Å². The maximum atomic E-state index is 13.2. The van der Waals surface area contributed by atoms with Gasteiger partial charge in [-0.2, -0.15) is 18.3 Å². The highest BCUT2D eigenvalue weighted by Gasteiger charge is 2.41. The van der Waals surface area contributed by atoms with E-state index in [9.17, 15) is 18.0 Å². The molecule has 0 bridgehead atoms. The zero-order valence-corrected chi connectivity index (χ0v) is 10.8. The molecule has 2 heterocycles. The summed E-state index contributed by atoms with van der Waals surface area (Å²) < 4.78 is 40.3. The van der Waals surface area contributed by atoms with Gasteiger partial charge in [0, 0.05) is 10.9 Å². The highest BCUT2D eigenvalue weighted by atomic mass is 32.1. The third kappa shape index (κ3) is 1.98. The molecule has 0 aliphatic heterocycles. The van der Waals surface area contributed by atoms with Crippen LogP contribution in [-0.4, -0.2) is 25.8 Å². The Morgan fingerprint density at radius 3 is 2.75 bits per heavy atom. The zero-order valence-electron chi connectivity index (χ0n) is 9.94. The first-order valence-electron chi connectivity index (χ1n) is 5.75. The Bertz CT molecular complexity index is 690. The number of aromatic carboxylic acids is 1. The van der Waals surface area contributed by atoms with Gasteiger partial charge in [0.05, 0.1) is 5.69 Å². The van der Waals surface area contributed by atoms with Crippen molar-refractivity contribution in [3.8, 4) is 5.13 Å². The summed E-state index contributed by atoms with van der Waals surface area (Å²) in [5.41, 5.74) is -0.501. The number of hydrogen-bond donors (Lipinski definition) is 1. The SMILES string of the molecule is O=C(O)c1csc(-n2nc3c(c2C(F)(F)F)CCC3)n1. The van der Waals surface area contributed by atoms with Gasteiger partial charge in [-0.15, -0.1) is 11.3 Å². The summed E-state index contributed by atoms with van der Waals surface area (Å²) in [6.45, 7) is 0. The smallest absolute Gasteiger partial charge is 0.433 e. The van der Waals surface area contributed by atoms with Crippen molar-refractivity contribution in [3.63, 3.8) is 0 Å². The molecule has 0 saturated carbocycles. The zero-order chi connectivity index (χ0) is 14.5. The van der Waals surface area contributed by atoms with Crippen LogP contribution < -0.4 is 0 Å². The van der Waals surface area contributed by atoms with Crippen LogP contribution >= 0.6 is 11.3 Å². The van der Waals surface area contributed by atoms with Gasteiger partial charge in [-0.1, -0.05) is 0 Å². The highest BCUT2D eigenvalue weighted by molar-refractivity contribution is 7.12. The van der Waals surface area contributed by atoms with Gasteiger partial charge in [0.15, 0.2) is 11.4 Å². The van der Waals surface area contributed by atoms with Crippen molar-refractivity contribution < 1.29 is 23.1 Å². The van der Waals surface area contributed by atoms with E-state index in [0.29, 0.717) is 25.0 Å². The molecule has 0 atom stereocenters. The van der Waals surface area contributed by atoms with Crippen LogP contribution in [0.1, 0.15) is 33.9 Å². The predicted molar refractivity (Wildman–Crippen MR) is 63.2 cm³/mol. The van der Waals surface area contributed by atoms with Crippen molar-refractivity contribution in [2.45, 2.75) is 25.4 Å². The van der Waals surface area contributed by atoms with E-state index in [1.54, 1.807) is 0 Å². The lowest BCUT2D eigenvalue weighted by atomic mass is 10.2. The number of alkyl halides is 3. The molecule has 0 amide bonds. The molecule has 2 aromatic rings. The van der Waals surface area contributed by atoms with Crippen molar-refractivity contribution >= 4 is 17.3 Å². The van der Waals surface area contributed by atoms with Gasteiger partial charge in [-0.05, 0) is 19.3 Å². The second-order valence-electron chi connectivity index (χ2n) is 4.36. The molecule has 0 saturated heterocycles. The molecule has 0 spiro atoms. The van der Waals surface area contributed by atoms with Crippen molar-refractivity contribution in [1.29, 1.82) is 0 Å². The van der Waals surface area contributed by atoms with Crippen molar-refractivity contribution in [2.24, 2.45) is 0 Å². The van der Waals surface area contributed by atoms with E-state index in [1.807, 2.05) is 0 Å². The summed E-state index contributed by atoms with van der Waals surface area (Å²) in [6.07, 6.45) is -3.05. The average Bonchev–Trinajstić information content (AvgIpc) is 3.01. The molecule has 0 unspecified atom stereocenters. The van der Waals surface area contributed by atoms with E-state index < -0.39 is 17.8 Å². The molecule has 0 fully saturated rings. The number of halogens is 3. The number of fused-ring (bicyclic) bond motifs is 1. The normalized spacial score (nSPS) is 14.6. The Kier molecular flexibility index (Phi) is 2.82. The number of aromatic nitrogens is 3. The molecule has 1 N–H and O–H groups in total. The minimum absolute atomic E-state index is 0.0795. The van der Waals surface area contributed by atoms with E-state index in [-0.39, 0.29) is 16.4 Å². The predicted octanol–water partition coefficient (Wildman–Crippen LogP) is 2.53. The summed E-state index contributed by atoms with van der Waals surface area (Å²) >= 11 is 0.826. The molecular weight excluding hydrogens is 295 g/mol. The molecule has 0 radical (unpaired) electrons. The van der Waals surface area contributed by atoms with Crippen LogP contribution in [0.15, 0.2) is 5.38 Å². The second kappa shape index (κ2) is 4.30. The van der Waals surface area contributed by atoms with Crippen molar-refractivity contribution in [1.82, 2.24) is 14.8 Å². The Balaban J connectivity index is 2.16. The maximum Gasteiger partial charge on any atom is 0.433 e. The van der Waals surface area contributed by atoms with E-state index in [1.165, 1.54) is 5.38 Å². The fraction of sp³-hybridized carbons (Fsp3) is 0.364. The standard InChI is InChI=1S/C11H8F3N3O2S/c12-11(13,14)8-5-2-1-3-6(5)16-17(8)10-15-7(4-20-10)9(18)19/h4H,1-3H2,(H,18,19). The van der Waals surface area contributed by atoms with Gasteiger partial charge >= 0.3 is 12.1 Å². The number of carboxylic acids is 1. The number of aryl methyl sites for hydroxylation is 1. The quantitative estimate of drug-likeness (QED) is 0.925. The molecule has 1 aliphatic carbocycles. The van der Waals surface area contributed by atoms with E-state index in [4.69, 9.17) is 5.11 Å². The van der Waals surface area contributed by atoms with Gasteiger partial charge < -0.3 is 5.11 Å². The maximum absolute atomic E-state index is 13.2. The monoisotopic (exact) mass is 303 g/mol. The molecule has 106 valence electrons. The van der Waals surface area contributed by atoms with Crippen LogP contribution in [0.5, 0.6) is 0 Å². The minimum atomic E-state index is -4.54. The second-order valence-corrected chi connectivity index (χ2v) is 5.19. The average molecular weight is 303 g/mol. The highest BCUT2D eigenvalue weighted by Crippen LogP contribution is 2.38. The number of carboxylic acid groups (broad SMARTS) is 1. The van der Waals surface area contributed by atoms with Gasteiger partial charge in [0.2, 0.25) is 5.13 Å². The summed E-state index contributed by atoms with van der Waals surface area (Å²) in [7, 11) is 0. The summed E-state index contributed by atoms with van der Waals surface area (Å²) in [4.78, 5) is 14.4. The molecule has 2 aromatic heterocycles. The topological polar surface area (TPSA) is 68.0 Å². The molecule has 0 aromatic carbocycles. The fourth-order valence-corrected chi connectivity index (χ4v) is 3.03.